The lowest BCUT2D eigenvalue weighted by Gasteiger charge is -2.31. The van der Waals surface area contributed by atoms with Gasteiger partial charge in [0.05, 0.1) is 15.9 Å². The molecule has 1 atom stereocenters. The SMILES string of the molecule is CCCN1C2=CC=C3CCCC(=C3Oc3ccc(C(=O)O)cc3)/C=C/C3=[N+](CCCCCC(=O)NCCNC(=O)CCCCCC2(C)c2cc(S(=O)(=O)O)ccc21)c1ccc(C)cc1C3(C)C.O=S(=O)=O. The zero-order valence-electron chi connectivity index (χ0n) is 41.4. The summed E-state index contributed by atoms with van der Waals surface area (Å²) < 4.78 is 69.9. The highest BCUT2D eigenvalue weighted by molar-refractivity contribution is 7.85. The third kappa shape index (κ3) is 13.4. The number of nitrogens with zero attached hydrogens (tertiary/aromatic N) is 2. The molecule has 71 heavy (non-hydrogen) atoms. The number of ether oxygens (including phenoxy) is 1. The maximum atomic E-state index is 12.8. The summed E-state index contributed by atoms with van der Waals surface area (Å²) in [6.45, 7) is 13.1. The number of aromatic carboxylic acids is 1. The van der Waals surface area contributed by atoms with Crippen molar-refractivity contribution in [1.29, 1.82) is 0 Å². The Morgan fingerprint density at radius 1 is 0.803 bits per heavy atom. The van der Waals surface area contributed by atoms with E-state index in [1.54, 1.807) is 36.4 Å². The van der Waals surface area contributed by atoms with Crippen LogP contribution in [0.4, 0.5) is 11.4 Å². The molecular weight excluding hydrogens is 945 g/mol. The Morgan fingerprint density at radius 3 is 2.10 bits per heavy atom. The van der Waals surface area contributed by atoms with Gasteiger partial charge in [-0.15, -0.1) is 12.6 Å². The number of anilines is 1. The molecule has 2 amide bonds. The Morgan fingerprint density at radius 2 is 1.46 bits per heavy atom. The van der Waals surface area contributed by atoms with Crippen molar-refractivity contribution < 1.29 is 54.4 Å². The summed E-state index contributed by atoms with van der Waals surface area (Å²) in [5.74, 6) is 0.127. The zero-order valence-corrected chi connectivity index (χ0v) is 43.0. The molecule has 4 N–H and O–H groups in total. The molecule has 0 radical (unpaired) electrons. The number of amides is 2. The van der Waals surface area contributed by atoms with E-state index in [1.807, 2.05) is 0 Å². The van der Waals surface area contributed by atoms with Crippen LogP contribution in [0.1, 0.15) is 138 Å². The van der Waals surface area contributed by atoms with Crippen LogP contribution in [-0.4, -0.2) is 85.0 Å². The molecule has 7 rings (SSSR count). The minimum Gasteiger partial charge on any atom is -0.478 e. The van der Waals surface area contributed by atoms with Crippen molar-refractivity contribution in [2.24, 2.45) is 0 Å². The van der Waals surface area contributed by atoms with Crippen molar-refractivity contribution in [3.8, 4) is 5.75 Å². The second kappa shape index (κ2) is 23.8. The van der Waals surface area contributed by atoms with E-state index in [0.717, 1.165) is 92.4 Å². The highest BCUT2D eigenvalue weighted by Crippen LogP contribution is 2.52. The third-order valence-electron chi connectivity index (χ3n) is 13.8. The molecule has 380 valence electrons. The molecule has 1 aliphatic carbocycles. The lowest BCUT2D eigenvalue weighted by molar-refractivity contribution is -0.438. The smallest absolute Gasteiger partial charge is 0.425 e. The van der Waals surface area contributed by atoms with Gasteiger partial charge in [0.2, 0.25) is 17.5 Å². The number of rotatable bonds is 6. The second-order valence-corrected chi connectivity index (χ2v) is 21.1. The number of benzene rings is 3. The largest absolute Gasteiger partial charge is 0.478 e. The number of hydrogen-bond donors (Lipinski definition) is 4. The first-order valence-corrected chi connectivity index (χ1v) is 27.0. The molecule has 2 bridgehead atoms. The van der Waals surface area contributed by atoms with Gasteiger partial charge >= 0.3 is 16.6 Å². The van der Waals surface area contributed by atoms with Crippen LogP contribution in [0, 0.1) is 6.92 Å². The van der Waals surface area contributed by atoms with E-state index in [-0.39, 0.29) is 27.7 Å². The van der Waals surface area contributed by atoms with E-state index in [0.29, 0.717) is 56.8 Å². The normalized spacial score (nSPS) is 20.8. The quantitative estimate of drug-likeness (QED) is 0.134. The number of carboxylic acid groups (broad SMARTS) is 1. The Hall–Kier alpha value is -6.17. The highest BCUT2D eigenvalue weighted by Gasteiger charge is 2.45. The van der Waals surface area contributed by atoms with E-state index in [4.69, 9.17) is 17.4 Å². The summed E-state index contributed by atoms with van der Waals surface area (Å²) in [7, 11) is -7.59. The van der Waals surface area contributed by atoms with Crippen LogP contribution in [0.15, 0.2) is 112 Å². The number of carboxylic acids is 1. The molecule has 0 fully saturated rings. The van der Waals surface area contributed by atoms with Crippen molar-refractivity contribution in [2.45, 2.75) is 134 Å². The van der Waals surface area contributed by atoms with Gasteiger partial charge in [-0.2, -0.15) is 13.0 Å². The molecule has 15 nitrogen and oxygen atoms in total. The second-order valence-electron chi connectivity index (χ2n) is 19.3. The van der Waals surface area contributed by atoms with Crippen LogP contribution in [-0.2, 0) is 41.1 Å². The highest BCUT2D eigenvalue weighted by atomic mass is 32.2. The number of allylic oxidation sites excluding steroid dienone is 7. The third-order valence-corrected chi connectivity index (χ3v) is 14.7. The number of hydrogen-bond acceptors (Lipinski definition) is 10. The van der Waals surface area contributed by atoms with Crippen molar-refractivity contribution in [3.05, 3.63) is 130 Å². The van der Waals surface area contributed by atoms with Crippen molar-refractivity contribution in [2.75, 3.05) is 31.1 Å². The summed E-state index contributed by atoms with van der Waals surface area (Å²) in [6.07, 6.45) is 18.1. The summed E-state index contributed by atoms with van der Waals surface area (Å²) in [6, 6.07) is 18.0. The molecule has 1 unspecified atom stereocenters. The fourth-order valence-electron chi connectivity index (χ4n) is 10.2. The van der Waals surface area contributed by atoms with Gasteiger partial charge in [0.15, 0.2) is 5.71 Å². The van der Waals surface area contributed by atoms with Crippen molar-refractivity contribution >= 4 is 55.6 Å². The molecule has 0 spiro atoms. The lowest BCUT2D eigenvalue weighted by Crippen LogP contribution is -2.34. The number of carbonyl (C=O) groups is 3. The van der Waals surface area contributed by atoms with Gasteiger partial charge in [-0.05, 0) is 156 Å². The molecule has 3 aromatic carbocycles. The maximum absolute atomic E-state index is 12.8. The van der Waals surface area contributed by atoms with Crippen LogP contribution in [0.2, 0.25) is 0 Å². The van der Waals surface area contributed by atoms with Crippen LogP contribution < -0.4 is 20.3 Å². The number of fused-ring (bicyclic) bond motifs is 6. The van der Waals surface area contributed by atoms with Crippen LogP contribution in [0.3, 0.4) is 0 Å². The van der Waals surface area contributed by atoms with Gasteiger partial charge in [0.1, 0.15) is 18.1 Å². The van der Waals surface area contributed by atoms with Crippen LogP contribution in [0.5, 0.6) is 5.75 Å². The summed E-state index contributed by atoms with van der Waals surface area (Å²) in [5.41, 5.74) is 8.72. The molecule has 0 saturated heterocycles. The van der Waals surface area contributed by atoms with Gasteiger partial charge in [0.25, 0.3) is 10.1 Å². The topological polar surface area (TPSA) is 217 Å². The molecule has 0 aromatic heterocycles. The summed E-state index contributed by atoms with van der Waals surface area (Å²) in [4.78, 5) is 39.5. The monoisotopic (exact) mass is 1010 g/mol. The Bertz CT molecular complexity index is 2890. The number of carbonyl (C=O) groups excluding carboxylic acids is 2. The van der Waals surface area contributed by atoms with Crippen LogP contribution in [0.25, 0.3) is 0 Å². The van der Waals surface area contributed by atoms with E-state index in [2.05, 4.69) is 97.2 Å². The number of aryl methyl sites for hydroxylation is 1. The summed E-state index contributed by atoms with van der Waals surface area (Å²) in [5, 5.41) is 15.6. The first-order valence-electron chi connectivity index (χ1n) is 24.5. The minimum atomic E-state index is -4.48. The van der Waals surface area contributed by atoms with Crippen molar-refractivity contribution in [3.63, 3.8) is 0 Å². The Labute approximate surface area is 419 Å². The van der Waals surface area contributed by atoms with Gasteiger partial charge in [-0.25, -0.2) is 4.79 Å². The molecule has 3 aliphatic heterocycles. The average molecular weight is 1010 g/mol. The molecule has 3 heterocycles. The van der Waals surface area contributed by atoms with Gasteiger partial charge in [-0.3, -0.25) is 14.1 Å². The average Bonchev–Trinajstić information content (AvgIpc) is 3.66. The Kier molecular flexibility index (Phi) is 18.2. The van der Waals surface area contributed by atoms with E-state index in [1.165, 1.54) is 28.6 Å². The van der Waals surface area contributed by atoms with Gasteiger partial charge in [0, 0.05) is 73.4 Å². The minimum absolute atomic E-state index is 0.0217. The standard InChI is InChI=1S/C54H66N4O8S.O3S/c1-6-33-57-46-27-25-42(67(63,64)65)36-44(46)54(5)30-11-7-9-16-49(59)55-31-32-56-50(60)17-10-8-12-34-58-45-26-18-37(2)35-43(45)53(3,4)47(58)28-21-38-14-13-15-39(22-29-48(54)57)51(38)66-41-23-19-40(20-24-41)52(61)62;1-4(2)3/h18-29,35-36H,6-17,30-34H2,1-5H3,(H3-,55,56,59,60,61,62,63,64,65);/p+1. The van der Waals surface area contributed by atoms with Crippen molar-refractivity contribution in [1.82, 2.24) is 10.6 Å². The van der Waals surface area contributed by atoms with Gasteiger partial charge in [-0.1, -0.05) is 37.5 Å². The summed E-state index contributed by atoms with van der Waals surface area (Å²) >= 11 is 0. The molecular formula is C54H67N4O11S2+. The number of nitrogens with one attached hydrogen (secondary N) is 2. The molecule has 4 aliphatic rings. The lowest BCUT2D eigenvalue weighted by atomic mass is 9.77. The van der Waals surface area contributed by atoms with E-state index in [9.17, 15) is 32.5 Å². The Balaban J connectivity index is 0.00000199. The van der Waals surface area contributed by atoms with E-state index >= 15 is 0 Å². The molecule has 17 heteroatoms. The fraction of sp³-hybridized carbons (Fsp3) is 0.444. The van der Waals surface area contributed by atoms with E-state index < -0.39 is 32.1 Å². The first-order chi connectivity index (χ1) is 33.7. The maximum Gasteiger partial charge on any atom is 0.425 e. The predicted molar refractivity (Wildman–Crippen MR) is 273 cm³/mol. The van der Waals surface area contributed by atoms with Gasteiger partial charge < -0.3 is 25.4 Å². The molecule has 0 saturated carbocycles. The molecule has 3 aromatic rings. The zero-order chi connectivity index (χ0) is 51.5. The fourth-order valence-corrected chi connectivity index (χ4v) is 10.7. The first kappa shape index (κ1) is 54.2. The van der Waals surface area contributed by atoms with Crippen LogP contribution >= 0.6 is 0 Å². The predicted octanol–water partition coefficient (Wildman–Crippen LogP) is 9.14.